The fourth-order valence-corrected chi connectivity index (χ4v) is 1.16. The van der Waals surface area contributed by atoms with E-state index in [1.165, 1.54) is 24.7 Å². The molecule has 0 aliphatic rings. The SMILES string of the molecule is CCCCCCNC(=O)CN(C)C(C)=O. The molecule has 0 radical (unpaired) electrons. The summed E-state index contributed by atoms with van der Waals surface area (Å²) in [7, 11) is 1.62. The van der Waals surface area contributed by atoms with E-state index >= 15 is 0 Å². The molecule has 0 spiro atoms. The fourth-order valence-electron chi connectivity index (χ4n) is 1.16. The normalized spacial score (nSPS) is 9.80. The van der Waals surface area contributed by atoms with E-state index in [0.29, 0.717) is 6.54 Å². The fraction of sp³-hybridized carbons (Fsp3) is 0.818. The highest BCUT2D eigenvalue weighted by atomic mass is 16.2. The topological polar surface area (TPSA) is 49.4 Å². The molecule has 1 N–H and O–H groups in total. The summed E-state index contributed by atoms with van der Waals surface area (Å²) in [5.74, 6) is -0.166. The number of rotatable bonds is 7. The molecule has 0 heterocycles. The number of carbonyl (C=O) groups is 2. The maximum Gasteiger partial charge on any atom is 0.239 e. The molecule has 0 saturated heterocycles. The van der Waals surface area contributed by atoms with Crippen molar-refractivity contribution in [3.8, 4) is 0 Å². The molecule has 0 atom stereocenters. The van der Waals surface area contributed by atoms with Crippen molar-refractivity contribution in [3.63, 3.8) is 0 Å². The zero-order valence-corrected chi connectivity index (χ0v) is 10.0. The van der Waals surface area contributed by atoms with Gasteiger partial charge in [-0.2, -0.15) is 0 Å². The van der Waals surface area contributed by atoms with Crippen LogP contribution in [0.25, 0.3) is 0 Å². The van der Waals surface area contributed by atoms with Gasteiger partial charge in [-0.1, -0.05) is 26.2 Å². The van der Waals surface area contributed by atoms with Gasteiger partial charge in [-0.05, 0) is 6.42 Å². The predicted octanol–water partition coefficient (Wildman–Crippen LogP) is 1.16. The second-order valence-corrected chi connectivity index (χ2v) is 3.79. The van der Waals surface area contributed by atoms with Gasteiger partial charge in [0.1, 0.15) is 0 Å². The highest BCUT2D eigenvalue weighted by Crippen LogP contribution is 1.96. The van der Waals surface area contributed by atoms with Crippen LogP contribution in [-0.2, 0) is 9.59 Å². The standard InChI is InChI=1S/C11H22N2O2/c1-4-5-6-7-8-12-11(15)9-13(3)10(2)14/h4-9H2,1-3H3,(H,12,15). The Morgan fingerprint density at radius 1 is 1.20 bits per heavy atom. The molecular formula is C11H22N2O2. The van der Waals surface area contributed by atoms with Crippen LogP contribution in [0, 0.1) is 0 Å². The molecule has 4 heteroatoms. The van der Waals surface area contributed by atoms with Crippen molar-refractivity contribution in [1.29, 1.82) is 0 Å². The summed E-state index contributed by atoms with van der Waals surface area (Å²) in [6, 6.07) is 0. The number of hydrogen-bond donors (Lipinski definition) is 1. The molecule has 0 unspecified atom stereocenters. The number of hydrogen-bond acceptors (Lipinski definition) is 2. The predicted molar refractivity (Wildman–Crippen MR) is 60.5 cm³/mol. The van der Waals surface area contributed by atoms with Crippen molar-refractivity contribution in [2.24, 2.45) is 0 Å². The van der Waals surface area contributed by atoms with Crippen molar-refractivity contribution < 1.29 is 9.59 Å². The van der Waals surface area contributed by atoms with Gasteiger partial charge < -0.3 is 10.2 Å². The van der Waals surface area contributed by atoms with E-state index in [1.807, 2.05) is 0 Å². The first-order valence-corrected chi connectivity index (χ1v) is 5.56. The summed E-state index contributed by atoms with van der Waals surface area (Å²) in [5.41, 5.74) is 0. The van der Waals surface area contributed by atoms with E-state index in [4.69, 9.17) is 0 Å². The van der Waals surface area contributed by atoms with Gasteiger partial charge in [0.2, 0.25) is 11.8 Å². The second kappa shape index (κ2) is 8.26. The lowest BCUT2D eigenvalue weighted by Crippen LogP contribution is -2.37. The van der Waals surface area contributed by atoms with Crippen molar-refractivity contribution in [1.82, 2.24) is 10.2 Å². The van der Waals surface area contributed by atoms with Crippen LogP contribution in [0.4, 0.5) is 0 Å². The van der Waals surface area contributed by atoms with Crippen LogP contribution >= 0.6 is 0 Å². The van der Waals surface area contributed by atoms with Gasteiger partial charge in [0, 0.05) is 20.5 Å². The van der Waals surface area contributed by atoms with Gasteiger partial charge in [0.25, 0.3) is 0 Å². The van der Waals surface area contributed by atoms with Gasteiger partial charge in [0.15, 0.2) is 0 Å². The molecule has 0 fully saturated rings. The van der Waals surface area contributed by atoms with Gasteiger partial charge in [0.05, 0.1) is 6.54 Å². The zero-order chi connectivity index (χ0) is 11.7. The number of likely N-dealkylation sites (N-methyl/N-ethyl adjacent to an activating group) is 1. The van der Waals surface area contributed by atoms with Crippen LogP contribution in [0.3, 0.4) is 0 Å². The number of nitrogens with one attached hydrogen (secondary N) is 1. The molecule has 0 aromatic rings. The Kier molecular flexibility index (Phi) is 7.68. The van der Waals surface area contributed by atoms with Crippen LogP contribution in [0.5, 0.6) is 0 Å². The van der Waals surface area contributed by atoms with Gasteiger partial charge in [-0.15, -0.1) is 0 Å². The molecule has 0 aliphatic heterocycles. The van der Waals surface area contributed by atoms with Crippen LogP contribution in [0.2, 0.25) is 0 Å². The first-order chi connectivity index (χ1) is 7.07. The van der Waals surface area contributed by atoms with Crippen LogP contribution in [0.15, 0.2) is 0 Å². The van der Waals surface area contributed by atoms with E-state index in [-0.39, 0.29) is 18.4 Å². The minimum absolute atomic E-state index is 0.0794. The molecule has 0 rings (SSSR count). The van der Waals surface area contributed by atoms with Crippen LogP contribution in [-0.4, -0.2) is 36.9 Å². The molecule has 0 bridgehead atoms. The van der Waals surface area contributed by atoms with Crippen LogP contribution in [0.1, 0.15) is 39.5 Å². The lowest BCUT2D eigenvalue weighted by molar-refractivity contribution is -0.133. The zero-order valence-electron chi connectivity index (χ0n) is 10.0. The molecule has 4 nitrogen and oxygen atoms in total. The molecule has 0 aromatic carbocycles. The third-order valence-electron chi connectivity index (χ3n) is 2.27. The Morgan fingerprint density at radius 2 is 1.87 bits per heavy atom. The second-order valence-electron chi connectivity index (χ2n) is 3.79. The molecule has 88 valence electrons. The van der Waals surface area contributed by atoms with Gasteiger partial charge in [-0.3, -0.25) is 9.59 Å². The summed E-state index contributed by atoms with van der Waals surface area (Å²) in [4.78, 5) is 23.5. The monoisotopic (exact) mass is 214 g/mol. The Morgan fingerprint density at radius 3 is 2.40 bits per heavy atom. The summed E-state index contributed by atoms with van der Waals surface area (Å²) in [5, 5.41) is 2.79. The number of carbonyl (C=O) groups excluding carboxylic acids is 2. The van der Waals surface area contributed by atoms with Crippen molar-refractivity contribution in [2.45, 2.75) is 39.5 Å². The largest absolute Gasteiger partial charge is 0.355 e. The average molecular weight is 214 g/mol. The minimum atomic E-state index is -0.0869. The number of unbranched alkanes of at least 4 members (excludes halogenated alkanes) is 3. The van der Waals surface area contributed by atoms with Crippen molar-refractivity contribution in [3.05, 3.63) is 0 Å². The first-order valence-electron chi connectivity index (χ1n) is 5.56. The van der Waals surface area contributed by atoms with E-state index in [9.17, 15) is 9.59 Å². The van der Waals surface area contributed by atoms with E-state index < -0.39 is 0 Å². The van der Waals surface area contributed by atoms with E-state index in [0.717, 1.165) is 12.8 Å². The Balaban J connectivity index is 3.45. The first kappa shape index (κ1) is 13.9. The van der Waals surface area contributed by atoms with Crippen molar-refractivity contribution >= 4 is 11.8 Å². The lowest BCUT2D eigenvalue weighted by atomic mass is 10.2. The number of amides is 2. The van der Waals surface area contributed by atoms with Gasteiger partial charge in [-0.25, -0.2) is 0 Å². The minimum Gasteiger partial charge on any atom is -0.355 e. The summed E-state index contributed by atoms with van der Waals surface area (Å²) in [6.07, 6.45) is 4.58. The third-order valence-corrected chi connectivity index (χ3v) is 2.27. The summed E-state index contributed by atoms with van der Waals surface area (Å²) < 4.78 is 0. The van der Waals surface area contributed by atoms with E-state index in [1.54, 1.807) is 7.05 Å². The highest BCUT2D eigenvalue weighted by molar-refractivity contribution is 5.83. The smallest absolute Gasteiger partial charge is 0.239 e. The highest BCUT2D eigenvalue weighted by Gasteiger charge is 2.07. The van der Waals surface area contributed by atoms with Gasteiger partial charge >= 0.3 is 0 Å². The third kappa shape index (κ3) is 7.97. The Bertz CT molecular complexity index is 205. The molecule has 0 aromatic heterocycles. The maximum absolute atomic E-state index is 11.3. The maximum atomic E-state index is 11.3. The molecule has 0 saturated carbocycles. The molecule has 2 amide bonds. The molecule has 15 heavy (non-hydrogen) atoms. The summed E-state index contributed by atoms with van der Waals surface area (Å²) >= 11 is 0. The van der Waals surface area contributed by atoms with Crippen molar-refractivity contribution in [2.75, 3.05) is 20.1 Å². The molecule has 0 aliphatic carbocycles. The average Bonchev–Trinajstić information content (AvgIpc) is 2.17. The Labute approximate surface area is 92.0 Å². The Hall–Kier alpha value is -1.06. The molecular weight excluding hydrogens is 192 g/mol. The number of nitrogens with zero attached hydrogens (tertiary/aromatic N) is 1. The van der Waals surface area contributed by atoms with E-state index in [2.05, 4.69) is 12.2 Å². The lowest BCUT2D eigenvalue weighted by Gasteiger charge is -2.14. The van der Waals surface area contributed by atoms with Crippen LogP contribution < -0.4 is 5.32 Å². The quantitative estimate of drug-likeness (QED) is 0.647. The summed E-state index contributed by atoms with van der Waals surface area (Å²) in [6.45, 7) is 4.47.